The summed E-state index contributed by atoms with van der Waals surface area (Å²) in [4.78, 5) is 15.3. The fraction of sp³-hybridized carbons (Fsp3) is 0.167. The third-order valence-corrected chi connectivity index (χ3v) is 4.92. The van der Waals surface area contributed by atoms with Crippen molar-refractivity contribution in [3.05, 3.63) is 55.2 Å². The highest BCUT2D eigenvalue weighted by molar-refractivity contribution is 7.21. The lowest BCUT2D eigenvalue weighted by Crippen LogP contribution is -2.04. The van der Waals surface area contributed by atoms with Gasteiger partial charge in [-0.2, -0.15) is 0 Å². The molecule has 0 amide bonds. The van der Waals surface area contributed by atoms with E-state index in [4.69, 9.17) is 4.74 Å². The van der Waals surface area contributed by atoms with Crippen LogP contribution in [0.5, 0.6) is 0 Å². The Labute approximate surface area is 143 Å². The molecular weight excluding hydrogens is 320 g/mol. The number of thiophene rings is 1. The Kier molecular flexibility index (Phi) is 4.06. The van der Waals surface area contributed by atoms with Gasteiger partial charge in [0.25, 0.3) is 0 Å². The molecule has 4 rings (SSSR count). The van der Waals surface area contributed by atoms with Crippen LogP contribution in [0.4, 0.5) is 0 Å². The van der Waals surface area contributed by atoms with Gasteiger partial charge in [-0.3, -0.25) is 0 Å². The number of hydrogen-bond acceptors (Lipinski definition) is 5. The lowest BCUT2D eigenvalue weighted by atomic mass is 10.1. The summed E-state index contributed by atoms with van der Waals surface area (Å²) in [6, 6.07) is 12.4. The zero-order valence-corrected chi connectivity index (χ0v) is 14.0. The van der Waals surface area contributed by atoms with Gasteiger partial charge in [-0.1, -0.05) is 30.3 Å². The summed E-state index contributed by atoms with van der Waals surface area (Å²) < 4.78 is 7.39. The Hall–Kier alpha value is -2.57. The summed E-state index contributed by atoms with van der Waals surface area (Å²) in [5.41, 5.74) is 3.18. The van der Waals surface area contributed by atoms with Crippen molar-refractivity contribution < 1.29 is 4.74 Å². The van der Waals surface area contributed by atoms with Crippen LogP contribution in [0.1, 0.15) is 0 Å². The van der Waals surface area contributed by atoms with Crippen LogP contribution in [0.15, 0.2) is 55.2 Å². The van der Waals surface area contributed by atoms with Crippen LogP contribution in [0.2, 0.25) is 0 Å². The average Bonchev–Trinajstić information content (AvgIpc) is 3.24. The van der Waals surface area contributed by atoms with Gasteiger partial charge in [0.1, 0.15) is 11.2 Å². The Morgan fingerprint density at radius 1 is 1.17 bits per heavy atom. The molecule has 3 heterocycles. The summed E-state index contributed by atoms with van der Waals surface area (Å²) in [5, 5.41) is 1.05. The van der Waals surface area contributed by atoms with Crippen LogP contribution < -0.4 is 0 Å². The molecule has 0 N–H and O–H groups in total. The molecule has 120 valence electrons. The van der Waals surface area contributed by atoms with E-state index in [0.717, 1.165) is 38.6 Å². The molecule has 0 saturated heterocycles. The van der Waals surface area contributed by atoms with Gasteiger partial charge in [-0.15, -0.1) is 11.3 Å². The van der Waals surface area contributed by atoms with E-state index < -0.39 is 0 Å². The quantitative estimate of drug-likeness (QED) is 0.555. The fourth-order valence-corrected chi connectivity index (χ4v) is 3.75. The molecule has 0 aliphatic carbocycles. The highest BCUT2D eigenvalue weighted by Gasteiger charge is 2.17. The summed E-state index contributed by atoms with van der Waals surface area (Å²) in [6.45, 7) is 1.40. The van der Waals surface area contributed by atoms with Crippen molar-refractivity contribution in [1.29, 1.82) is 0 Å². The van der Waals surface area contributed by atoms with Gasteiger partial charge in [0.2, 0.25) is 0 Å². The minimum atomic E-state index is 0.641. The summed E-state index contributed by atoms with van der Waals surface area (Å²) in [7, 11) is 1.71. The minimum absolute atomic E-state index is 0.641. The summed E-state index contributed by atoms with van der Waals surface area (Å²) >= 11 is 1.66. The van der Waals surface area contributed by atoms with Crippen molar-refractivity contribution in [3.63, 3.8) is 0 Å². The molecule has 0 spiro atoms. The van der Waals surface area contributed by atoms with Gasteiger partial charge in [-0.05, 0) is 6.07 Å². The van der Waals surface area contributed by atoms with E-state index in [2.05, 4.69) is 37.7 Å². The molecule has 5 nitrogen and oxygen atoms in total. The predicted molar refractivity (Wildman–Crippen MR) is 95.9 cm³/mol. The van der Waals surface area contributed by atoms with Crippen molar-refractivity contribution in [2.75, 3.05) is 13.7 Å². The van der Waals surface area contributed by atoms with E-state index in [1.54, 1.807) is 24.8 Å². The molecule has 0 bridgehead atoms. The molecule has 1 aromatic carbocycles. The maximum Gasteiger partial charge on any atom is 0.127 e. The Morgan fingerprint density at radius 3 is 2.83 bits per heavy atom. The smallest absolute Gasteiger partial charge is 0.127 e. The molecule has 3 aromatic heterocycles. The van der Waals surface area contributed by atoms with E-state index in [0.29, 0.717) is 6.61 Å². The van der Waals surface area contributed by atoms with Gasteiger partial charge in [-0.25, -0.2) is 15.0 Å². The van der Waals surface area contributed by atoms with Gasteiger partial charge < -0.3 is 9.30 Å². The van der Waals surface area contributed by atoms with Gasteiger partial charge >= 0.3 is 0 Å². The highest BCUT2D eigenvalue weighted by Crippen LogP contribution is 2.37. The van der Waals surface area contributed by atoms with E-state index >= 15 is 0 Å². The topological polar surface area (TPSA) is 52.8 Å². The number of aromatic nitrogens is 4. The number of hydrogen-bond donors (Lipinski definition) is 0. The number of methoxy groups -OCH3 is 1. The molecule has 0 unspecified atom stereocenters. The van der Waals surface area contributed by atoms with Crippen molar-refractivity contribution in [3.8, 4) is 21.8 Å². The third kappa shape index (κ3) is 2.70. The van der Waals surface area contributed by atoms with E-state index in [9.17, 15) is 0 Å². The molecule has 0 aliphatic heterocycles. The van der Waals surface area contributed by atoms with Gasteiger partial charge in [0.05, 0.1) is 29.2 Å². The van der Waals surface area contributed by atoms with Crippen molar-refractivity contribution >= 4 is 21.6 Å². The molecule has 6 heteroatoms. The van der Waals surface area contributed by atoms with Crippen LogP contribution in [0.25, 0.3) is 32.0 Å². The molecule has 24 heavy (non-hydrogen) atoms. The molecule has 0 atom stereocenters. The average molecular weight is 336 g/mol. The second-order valence-electron chi connectivity index (χ2n) is 5.39. The first-order valence-corrected chi connectivity index (χ1v) is 8.48. The molecule has 4 aromatic rings. The number of rotatable bonds is 5. The summed E-state index contributed by atoms with van der Waals surface area (Å²) in [5.74, 6) is 0. The van der Waals surface area contributed by atoms with E-state index in [-0.39, 0.29) is 0 Å². The van der Waals surface area contributed by atoms with Gasteiger partial charge in [0.15, 0.2) is 0 Å². The first-order chi connectivity index (χ1) is 11.9. The Morgan fingerprint density at radius 2 is 2.04 bits per heavy atom. The molecular formula is C18H16N4OS. The molecule has 0 aliphatic rings. The second-order valence-corrected chi connectivity index (χ2v) is 6.42. The lowest BCUT2D eigenvalue weighted by Gasteiger charge is -2.08. The van der Waals surface area contributed by atoms with Crippen molar-refractivity contribution in [2.24, 2.45) is 0 Å². The number of benzene rings is 1. The monoisotopic (exact) mass is 336 g/mol. The van der Waals surface area contributed by atoms with Gasteiger partial charge in [0, 0.05) is 30.8 Å². The largest absolute Gasteiger partial charge is 0.383 e. The van der Waals surface area contributed by atoms with Crippen LogP contribution in [0, 0.1) is 0 Å². The maximum absolute atomic E-state index is 5.24. The number of fused-ring (bicyclic) bond motifs is 1. The predicted octanol–water partition coefficient (Wildman–Crippen LogP) is 3.87. The minimum Gasteiger partial charge on any atom is -0.383 e. The molecule has 0 saturated carbocycles. The standard InChI is InChI=1S/C18H16N4OS/c1-23-8-7-22-12-21-16(13-5-3-2-4-6-13)17(22)15-9-14-10-19-11-20-18(14)24-15/h2-6,9-12H,7-8H2,1H3. The number of imidazole rings is 1. The zero-order valence-electron chi connectivity index (χ0n) is 13.2. The van der Waals surface area contributed by atoms with E-state index in [1.807, 2.05) is 30.7 Å². The SMILES string of the molecule is COCCn1cnc(-c2ccccc2)c1-c1cc2cncnc2s1. The molecule has 0 radical (unpaired) electrons. The Bertz CT molecular complexity index is 928. The number of ether oxygens (including phenoxy) is 1. The first kappa shape index (κ1) is 15.0. The second kappa shape index (κ2) is 6.51. The van der Waals surface area contributed by atoms with Crippen molar-refractivity contribution in [1.82, 2.24) is 19.5 Å². The summed E-state index contributed by atoms with van der Waals surface area (Å²) in [6.07, 6.45) is 5.32. The third-order valence-electron chi connectivity index (χ3n) is 3.85. The van der Waals surface area contributed by atoms with E-state index in [1.165, 1.54) is 0 Å². The maximum atomic E-state index is 5.24. The first-order valence-electron chi connectivity index (χ1n) is 7.66. The lowest BCUT2D eigenvalue weighted by molar-refractivity contribution is 0.187. The highest BCUT2D eigenvalue weighted by atomic mass is 32.1. The number of nitrogens with zero attached hydrogens (tertiary/aromatic N) is 4. The van der Waals surface area contributed by atoms with Crippen LogP contribution in [-0.2, 0) is 11.3 Å². The van der Waals surface area contributed by atoms with Crippen molar-refractivity contribution in [2.45, 2.75) is 6.54 Å². The normalized spacial score (nSPS) is 11.2. The fourth-order valence-electron chi connectivity index (χ4n) is 2.71. The van der Waals surface area contributed by atoms with Crippen LogP contribution in [-0.4, -0.2) is 33.2 Å². The van der Waals surface area contributed by atoms with Crippen LogP contribution in [0.3, 0.4) is 0 Å². The molecule has 0 fully saturated rings. The Balaban J connectivity index is 1.88. The zero-order chi connectivity index (χ0) is 16.4. The van der Waals surface area contributed by atoms with Crippen LogP contribution >= 0.6 is 11.3 Å².